The quantitative estimate of drug-likeness (QED) is 0.764. The van der Waals surface area contributed by atoms with Crippen LogP contribution in [0.25, 0.3) is 22.2 Å². The molecule has 0 bridgehead atoms. The number of ether oxygens (including phenoxy) is 1. The summed E-state index contributed by atoms with van der Waals surface area (Å²) in [5.41, 5.74) is 2.70. The van der Waals surface area contributed by atoms with Crippen LogP contribution in [0.4, 0.5) is 0 Å². The number of hydrogen-bond acceptors (Lipinski definition) is 3. The molecule has 0 spiro atoms. The highest BCUT2D eigenvalue weighted by Crippen LogP contribution is 2.35. The Morgan fingerprint density at radius 2 is 1.95 bits per heavy atom. The normalized spacial score (nSPS) is 10.8. The fourth-order valence-electron chi connectivity index (χ4n) is 2.29. The lowest BCUT2D eigenvalue weighted by molar-refractivity contribution is 0.416. The summed E-state index contributed by atoms with van der Waals surface area (Å²) in [5.74, 6) is 1.00. The first-order valence-electron chi connectivity index (χ1n) is 6.00. The van der Waals surface area contributed by atoms with E-state index in [1.807, 2.05) is 37.4 Å². The molecule has 0 amide bonds. The molecule has 1 N–H and O–H groups in total. The van der Waals surface area contributed by atoms with Crippen LogP contribution < -0.4 is 4.74 Å². The van der Waals surface area contributed by atoms with Crippen LogP contribution >= 0.6 is 0 Å². The van der Waals surface area contributed by atoms with Crippen LogP contribution in [0.5, 0.6) is 11.5 Å². The first kappa shape index (κ1) is 11.6. The molecule has 0 unspecified atom stereocenters. The summed E-state index contributed by atoms with van der Waals surface area (Å²) in [6.45, 7) is 0. The van der Waals surface area contributed by atoms with Crippen molar-refractivity contribution < 1.29 is 9.84 Å². The SMILES string of the molecule is COc1ccccc1-c1nn(C)c2ccc(O)cc12. The van der Waals surface area contributed by atoms with E-state index in [0.717, 1.165) is 27.9 Å². The Labute approximate surface area is 110 Å². The van der Waals surface area contributed by atoms with Gasteiger partial charge in [0.15, 0.2) is 0 Å². The molecule has 0 saturated heterocycles. The van der Waals surface area contributed by atoms with Gasteiger partial charge in [0.2, 0.25) is 0 Å². The molecule has 19 heavy (non-hydrogen) atoms. The van der Waals surface area contributed by atoms with Crippen molar-refractivity contribution in [2.75, 3.05) is 7.11 Å². The van der Waals surface area contributed by atoms with Crippen LogP contribution in [-0.2, 0) is 7.05 Å². The number of phenols is 1. The summed E-state index contributed by atoms with van der Waals surface area (Å²) < 4.78 is 7.18. The van der Waals surface area contributed by atoms with E-state index in [2.05, 4.69) is 5.10 Å². The number of fused-ring (bicyclic) bond motifs is 1. The van der Waals surface area contributed by atoms with Gasteiger partial charge in [0, 0.05) is 18.0 Å². The molecule has 0 aliphatic carbocycles. The molecule has 4 nitrogen and oxygen atoms in total. The van der Waals surface area contributed by atoms with Crippen LogP contribution in [0, 0.1) is 0 Å². The zero-order valence-corrected chi connectivity index (χ0v) is 10.8. The van der Waals surface area contributed by atoms with Gasteiger partial charge in [-0.3, -0.25) is 4.68 Å². The molecule has 0 aliphatic rings. The number of methoxy groups -OCH3 is 1. The average molecular weight is 254 g/mol. The van der Waals surface area contributed by atoms with Gasteiger partial charge >= 0.3 is 0 Å². The van der Waals surface area contributed by atoms with E-state index in [0.29, 0.717) is 0 Å². The van der Waals surface area contributed by atoms with E-state index in [9.17, 15) is 5.11 Å². The van der Waals surface area contributed by atoms with Gasteiger partial charge in [-0.25, -0.2) is 0 Å². The molecule has 0 atom stereocenters. The Balaban J connectivity index is 2.33. The van der Waals surface area contributed by atoms with Crippen LogP contribution in [0.15, 0.2) is 42.5 Å². The van der Waals surface area contributed by atoms with Gasteiger partial charge in [-0.1, -0.05) is 12.1 Å². The summed E-state index contributed by atoms with van der Waals surface area (Å²) in [7, 11) is 3.53. The zero-order chi connectivity index (χ0) is 13.4. The van der Waals surface area contributed by atoms with Gasteiger partial charge in [-0.05, 0) is 30.3 Å². The Bertz CT molecular complexity index is 747. The molecular formula is C15H14N2O2. The number of benzene rings is 2. The molecule has 1 aromatic heterocycles. The topological polar surface area (TPSA) is 47.3 Å². The maximum atomic E-state index is 9.67. The Morgan fingerprint density at radius 3 is 2.74 bits per heavy atom. The summed E-state index contributed by atoms with van der Waals surface area (Å²) in [6, 6.07) is 13.0. The number of phenolic OH excluding ortho intramolecular Hbond substituents is 1. The van der Waals surface area contributed by atoms with Crippen molar-refractivity contribution in [1.82, 2.24) is 9.78 Å². The van der Waals surface area contributed by atoms with Crippen molar-refractivity contribution in [1.29, 1.82) is 0 Å². The summed E-state index contributed by atoms with van der Waals surface area (Å²) in [6.07, 6.45) is 0. The van der Waals surface area contributed by atoms with Gasteiger partial charge < -0.3 is 9.84 Å². The maximum absolute atomic E-state index is 9.67. The van der Waals surface area contributed by atoms with Gasteiger partial charge in [0.1, 0.15) is 17.2 Å². The minimum atomic E-state index is 0.233. The molecule has 1 heterocycles. The molecular weight excluding hydrogens is 240 g/mol. The van der Waals surface area contributed by atoms with E-state index < -0.39 is 0 Å². The first-order valence-corrected chi connectivity index (χ1v) is 6.00. The largest absolute Gasteiger partial charge is 0.508 e. The minimum Gasteiger partial charge on any atom is -0.508 e. The Kier molecular flexibility index (Phi) is 2.63. The molecule has 2 aromatic carbocycles. The molecule has 0 aliphatic heterocycles. The Morgan fingerprint density at radius 1 is 1.16 bits per heavy atom. The maximum Gasteiger partial charge on any atom is 0.128 e. The third-order valence-electron chi connectivity index (χ3n) is 3.20. The van der Waals surface area contributed by atoms with E-state index in [1.54, 1.807) is 23.9 Å². The van der Waals surface area contributed by atoms with E-state index in [1.165, 1.54) is 0 Å². The highest BCUT2D eigenvalue weighted by atomic mass is 16.5. The standard InChI is InChI=1S/C15H14N2O2/c1-17-13-8-7-10(18)9-12(13)15(16-17)11-5-3-4-6-14(11)19-2/h3-9,18H,1-2H3. The van der Waals surface area contributed by atoms with Crippen molar-refractivity contribution in [3.05, 3.63) is 42.5 Å². The number of aryl methyl sites for hydroxylation is 1. The first-order chi connectivity index (χ1) is 9.20. The summed E-state index contributed by atoms with van der Waals surface area (Å²) in [4.78, 5) is 0. The molecule has 4 heteroatoms. The second kappa shape index (κ2) is 4.31. The number of aromatic nitrogens is 2. The summed E-state index contributed by atoms with van der Waals surface area (Å²) in [5, 5.41) is 15.1. The van der Waals surface area contributed by atoms with Crippen molar-refractivity contribution in [3.63, 3.8) is 0 Å². The number of rotatable bonds is 2. The van der Waals surface area contributed by atoms with Crippen LogP contribution in [0.2, 0.25) is 0 Å². The number of nitrogens with zero attached hydrogens (tertiary/aromatic N) is 2. The van der Waals surface area contributed by atoms with E-state index in [4.69, 9.17) is 4.74 Å². The third-order valence-corrected chi connectivity index (χ3v) is 3.20. The molecule has 0 saturated carbocycles. The van der Waals surface area contributed by atoms with Crippen molar-refractivity contribution in [3.8, 4) is 22.8 Å². The van der Waals surface area contributed by atoms with Gasteiger partial charge in [-0.15, -0.1) is 0 Å². The number of para-hydroxylation sites is 1. The molecule has 0 radical (unpaired) electrons. The van der Waals surface area contributed by atoms with E-state index in [-0.39, 0.29) is 5.75 Å². The molecule has 3 aromatic rings. The van der Waals surface area contributed by atoms with Gasteiger partial charge in [-0.2, -0.15) is 5.10 Å². The van der Waals surface area contributed by atoms with Crippen molar-refractivity contribution in [2.24, 2.45) is 7.05 Å². The van der Waals surface area contributed by atoms with Gasteiger partial charge in [0.05, 0.1) is 12.6 Å². The lowest BCUT2D eigenvalue weighted by Crippen LogP contribution is -1.91. The van der Waals surface area contributed by atoms with Crippen LogP contribution in [0.1, 0.15) is 0 Å². The monoisotopic (exact) mass is 254 g/mol. The second-order valence-corrected chi connectivity index (χ2v) is 4.37. The molecule has 0 fully saturated rings. The zero-order valence-electron chi connectivity index (χ0n) is 10.8. The molecule has 96 valence electrons. The minimum absolute atomic E-state index is 0.233. The highest BCUT2D eigenvalue weighted by molar-refractivity contribution is 5.95. The fourth-order valence-corrected chi connectivity index (χ4v) is 2.29. The van der Waals surface area contributed by atoms with E-state index >= 15 is 0 Å². The number of hydrogen-bond donors (Lipinski definition) is 1. The lowest BCUT2D eigenvalue weighted by Gasteiger charge is -2.05. The van der Waals surface area contributed by atoms with Crippen molar-refractivity contribution in [2.45, 2.75) is 0 Å². The van der Waals surface area contributed by atoms with Crippen LogP contribution in [0.3, 0.4) is 0 Å². The third kappa shape index (κ3) is 1.81. The number of aromatic hydroxyl groups is 1. The van der Waals surface area contributed by atoms with Crippen LogP contribution in [-0.4, -0.2) is 22.0 Å². The van der Waals surface area contributed by atoms with Gasteiger partial charge in [0.25, 0.3) is 0 Å². The average Bonchev–Trinajstić information content (AvgIpc) is 2.75. The lowest BCUT2D eigenvalue weighted by atomic mass is 10.1. The fraction of sp³-hybridized carbons (Fsp3) is 0.133. The predicted molar refractivity (Wildman–Crippen MR) is 74.4 cm³/mol. The molecule has 3 rings (SSSR count). The Hall–Kier alpha value is -2.49. The summed E-state index contributed by atoms with van der Waals surface area (Å²) >= 11 is 0. The highest BCUT2D eigenvalue weighted by Gasteiger charge is 2.14. The second-order valence-electron chi connectivity index (χ2n) is 4.37. The van der Waals surface area contributed by atoms with Crippen molar-refractivity contribution >= 4 is 10.9 Å². The smallest absolute Gasteiger partial charge is 0.128 e. The predicted octanol–water partition coefficient (Wildman–Crippen LogP) is 2.95.